The quantitative estimate of drug-likeness (QED) is 0.856. The Balaban J connectivity index is 2.23. The normalized spacial score (nSPS) is 26.0. The van der Waals surface area contributed by atoms with E-state index in [1.165, 1.54) is 18.6 Å². The fourth-order valence-electron chi connectivity index (χ4n) is 3.14. The van der Waals surface area contributed by atoms with Crippen LogP contribution in [0, 0.1) is 23.5 Å². The van der Waals surface area contributed by atoms with E-state index in [-0.39, 0.29) is 11.5 Å². The van der Waals surface area contributed by atoms with Gasteiger partial charge in [0.15, 0.2) is 11.6 Å². The maximum atomic E-state index is 13.7. The van der Waals surface area contributed by atoms with Crippen molar-refractivity contribution in [3.63, 3.8) is 0 Å². The van der Waals surface area contributed by atoms with Crippen molar-refractivity contribution in [1.29, 1.82) is 0 Å². The molecule has 1 aromatic carbocycles. The lowest BCUT2D eigenvalue weighted by molar-refractivity contribution is 0.0422. The zero-order valence-corrected chi connectivity index (χ0v) is 10.7. The highest BCUT2D eigenvalue weighted by molar-refractivity contribution is 5.22. The molecule has 3 heteroatoms. The summed E-state index contributed by atoms with van der Waals surface area (Å²) < 4.78 is 26.9. The highest BCUT2D eigenvalue weighted by atomic mass is 19.2. The predicted molar refractivity (Wildman–Crippen MR) is 67.1 cm³/mol. The third-order valence-corrected chi connectivity index (χ3v) is 4.20. The number of hydrogen-bond acceptors (Lipinski definition) is 1. The molecule has 1 N–H and O–H groups in total. The molecule has 1 fully saturated rings. The van der Waals surface area contributed by atoms with E-state index in [1.807, 2.05) is 0 Å². The van der Waals surface area contributed by atoms with Crippen molar-refractivity contribution in [1.82, 2.24) is 0 Å². The van der Waals surface area contributed by atoms with E-state index < -0.39 is 17.7 Å². The fraction of sp³-hybridized carbons (Fsp3) is 0.600. The van der Waals surface area contributed by atoms with Gasteiger partial charge < -0.3 is 5.11 Å². The Labute approximate surface area is 107 Å². The molecule has 0 amide bonds. The van der Waals surface area contributed by atoms with Gasteiger partial charge in [0.1, 0.15) is 0 Å². The van der Waals surface area contributed by atoms with Gasteiger partial charge >= 0.3 is 0 Å². The molecule has 18 heavy (non-hydrogen) atoms. The van der Waals surface area contributed by atoms with Gasteiger partial charge in [-0.25, -0.2) is 8.78 Å². The molecule has 3 unspecified atom stereocenters. The molecule has 2 rings (SSSR count). The Hall–Kier alpha value is -0.960. The second-order valence-corrected chi connectivity index (χ2v) is 5.20. The maximum absolute atomic E-state index is 13.7. The van der Waals surface area contributed by atoms with Crippen molar-refractivity contribution in [2.24, 2.45) is 11.8 Å². The first-order chi connectivity index (χ1) is 8.65. The Kier molecular flexibility index (Phi) is 4.33. The molecule has 0 spiro atoms. The zero-order valence-electron chi connectivity index (χ0n) is 10.7. The van der Waals surface area contributed by atoms with Crippen LogP contribution < -0.4 is 0 Å². The topological polar surface area (TPSA) is 20.2 Å². The van der Waals surface area contributed by atoms with Crippen LogP contribution >= 0.6 is 0 Å². The lowest BCUT2D eigenvalue weighted by Crippen LogP contribution is -2.26. The summed E-state index contributed by atoms with van der Waals surface area (Å²) in [6, 6.07) is 4.04. The van der Waals surface area contributed by atoms with Crippen molar-refractivity contribution in [2.45, 2.75) is 45.1 Å². The van der Waals surface area contributed by atoms with Crippen LogP contribution in [0.15, 0.2) is 18.2 Å². The smallest absolute Gasteiger partial charge is 0.164 e. The van der Waals surface area contributed by atoms with Crippen LogP contribution in [0.5, 0.6) is 0 Å². The molecule has 0 saturated heterocycles. The van der Waals surface area contributed by atoms with Crippen molar-refractivity contribution >= 4 is 0 Å². The van der Waals surface area contributed by atoms with Gasteiger partial charge in [-0.3, -0.25) is 0 Å². The Morgan fingerprint density at radius 3 is 2.72 bits per heavy atom. The number of aliphatic hydroxyl groups is 1. The molecule has 0 bridgehead atoms. The summed E-state index contributed by atoms with van der Waals surface area (Å²) in [5.74, 6) is -1.31. The molecule has 1 nitrogen and oxygen atoms in total. The molecular formula is C15H20F2O. The van der Waals surface area contributed by atoms with Crippen molar-refractivity contribution in [3.05, 3.63) is 35.4 Å². The second kappa shape index (κ2) is 5.79. The molecule has 0 aromatic heterocycles. The van der Waals surface area contributed by atoms with Crippen LogP contribution in [-0.2, 0) is 0 Å². The summed E-state index contributed by atoms with van der Waals surface area (Å²) in [5, 5.41) is 10.3. The number of hydrogen-bond donors (Lipinski definition) is 1. The first-order valence-corrected chi connectivity index (χ1v) is 6.77. The average Bonchev–Trinajstić information content (AvgIpc) is 2.41. The van der Waals surface area contributed by atoms with Gasteiger partial charge in [0, 0.05) is 5.56 Å². The third kappa shape index (κ3) is 2.56. The highest BCUT2D eigenvalue weighted by Crippen LogP contribution is 2.40. The van der Waals surface area contributed by atoms with E-state index in [4.69, 9.17) is 0 Å². The van der Waals surface area contributed by atoms with Crippen molar-refractivity contribution < 1.29 is 13.9 Å². The average molecular weight is 254 g/mol. The summed E-state index contributed by atoms with van der Waals surface area (Å²) in [6.45, 7) is 2.09. The summed E-state index contributed by atoms with van der Waals surface area (Å²) in [7, 11) is 0. The SMILES string of the molecule is CCC1CCCCC1C(O)c1cccc(F)c1F. The Morgan fingerprint density at radius 1 is 1.28 bits per heavy atom. The number of aliphatic hydroxyl groups excluding tert-OH is 1. The number of rotatable bonds is 3. The minimum Gasteiger partial charge on any atom is -0.388 e. The lowest BCUT2D eigenvalue weighted by Gasteiger charge is -2.34. The summed E-state index contributed by atoms with van der Waals surface area (Å²) >= 11 is 0. The summed E-state index contributed by atoms with van der Waals surface area (Å²) in [4.78, 5) is 0. The summed E-state index contributed by atoms with van der Waals surface area (Å²) in [5.41, 5.74) is 0.111. The predicted octanol–water partition coefficient (Wildman–Crippen LogP) is 4.21. The Bertz CT molecular complexity index is 405. The van der Waals surface area contributed by atoms with Crippen LogP contribution in [0.2, 0.25) is 0 Å². The monoisotopic (exact) mass is 254 g/mol. The third-order valence-electron chi connectivity index (χ3n) is 4.20. The van der Waals surface area contributed by atoms with Crippen molar-refractivity contribution in [3.8, 4) is 0 Å². The molecule has 0 heterocycles. The van der Waals surface area contributed by atoms with Gasteiger partial charge in [0.25, 0.3) is 0 Å². The van der Waals surface area contributed by atoms with Gasteiger partial charge in [-0.2, -0.15) is 0 Å². The molecule has 0 aliphatic heterocycles. The molecule has 100 valence electrons. The van der Waals surface area contributed by atoms with Gasteiger partial charge in [-0.15, -0.1) is 0 Å². The largest absolute Gasteiger partial charge is 0.388 e. The van der Waals surface area contributed by atoms with Gasteiger partial charge in [-0.1, -0.05) is 44.7 Å². The second-order valence-electron chi connectivity index (χ2n) is 5.20. The maximum Gasteiger partial charge on any atom is 0.164 e. The van der Waals surface area contributed by atoms with E-state index in [2.05, 4.69) is 6.92 Å². The molecule has 0 radical (unpaired) electrons. The highest BCUT2D eigenvalue weighted by Gasteiger charge is 2.32. The number of benzene rings is 1. The van der Waals surface area contributed by atoms with E-state index in [0.717, 1.165) is 31.7 Å². The molecule has 1 aliphatic rings. The van der Waals surface area contributed by atoms with Crippen LogP contribution in [0.3, 0.4) is 0 Å². The summed E-state index contributed by atoms with van der Waals surface area (Å²) in [6.07, 6.45) is 4.32. The standard InChI is InChI=1S/C15H20F2O/c1-2-10-6-3-4-7-11(10)15(18)12-8-5-9-13(16)14(12)17/h5,8-11,15,18H,2-4,6-7H2,1H3. The molecule has 1 aromatic rings. The van der Waals surface area contributed by atoms with Crippen LogP contribution in [0.4, 0.5) is 8.78 Å². The first-order valence-electron chi connectivity index (χ1n) is 6.77. The van der Waals surface area contributed by atoms with Gasteiger partial charge in [-0.05, 0) is 24.3 Å². The first kappa shape index (κ1) is 13.5. The molecule has 1 saturated carbocycles. The van der Waals surface area contributed by atoms with E-state index in [1.54, 1.807) is 0 Å². The molecule has 1 aliphatic carbocycles. The van der Waals surface area contributed by atoms with Gasteiger partial charge in [0.2, 0.25) is 0 Å². The van der Waals surface area contributed by atoms with Gasteiger partial charge in [0.05, 0.1) is 6.10 Å². The number of halogens is 2. The Morgan fingerprint density at radius 2 is 2.00 bits per heavy atom. The molecule has 3 atom stereocenters. The fourth-order valence-corrected chi connectivity index (χ4v) is 3.14. The zero-order chi connectivity index (χ0) is 13.1. The van der Waals surface area contributed by atoms with E-state index in [0.29, 0.717) is 5.92 Å². The molecular weight excluding hydrogens is 234 g/mol. The van der Waals surface area contributed by atoms with Crippen molar-refractivity contribution in [2.75, 3.05) is 0 Å². The van der Waals surface area contributed by atoms with E-state index >= 15 is 0 Å². The van der Waals surface area contributed by atoms with Crippen LogP contribution in [0.1, 0.15) is 50.7 Å². The lowest BCUT2D eigenvalue weighted by atomic mass is 9.73. The minimum absolute atomic E-state index is 0.0556. The van der Waals surface area contributed by atoms with Crippen LogP contribution in [0.25, 0.3) is 0 Å². The van der Waals surface area contributed by atoms with Crippen LogP contribution in [-0.4, -0.2) is 5.11 Å². The minimum atomic E-state index is -0.898. The van der Waals surface area contributed by atoms with E-state index in [9.17, 15) is 13.9 Å².